The molecule has 0 aliphatic rings. The zero-order valence-corrected chi connectivity index (χ0v) is 9.58. The van der Waals surface area contributed by atoms with Crippen molar-refractivity contribution in [2.45, 2.75) is 19.9 Å². The van der Waals surface area contributed by atoms with Gasteiger partial charge in [0.1, 0.15) is 0 Å². The summed E-state index contributed by atoms with van der Waals surface area (Å²) in [6, 6.07) is 8.34. The minimum Gasteiger partial charge on any atom is -0.307 e. The van der Waals surface area contributed by atoms with Crippen molar-refractivity contribution in [1.29, 1.82) is 0 Å². The smallest absolute Gasteiger partial charge is 0.218 e. The lowest BCUT2D eigenvalue weighted by Gasteiger charge is -2.11. The molecule has 0 saturated heterocycles. The van der Waals surface area contributed by atoms with Crippen molar-refractivity contribution in [3.8, 4) is 0 Å². The normalized spacial score (nSPS) is 10.4. The number of imidazole rings is 1. The molecular weight excluding hydrogens is 212 g/mol. The molecule has 1 heterocycles. The van der Waals surface area contributed by atoms with Crippen LogP contribution in [-0.2, 0) is 0 Å². The molecule has 15 heavy (non-hydrogen) atoms. The van der Waals surface area contributed by atoms with Crippen LogP contribution in [0.5, 0.6) is 0 Å². The maximum Gasteiger partial charge on any atom is 0.218 e. The zero-order valence-electron chi connectivity index (χ0n) is 8.77. The highest BCUT2D eigenvalue weighted by Crippen LogP contribution is 2.23. The fraction of sp³-hybridized carbons (Fsp3) is 0.300. The Kier molecular flexibility index (Phi) is 3.55. The number of nitrogen functional groups attached to an aromatic ring is 1. The topological polar surface area (TPSA) is 55.9 Å². The van der Waals surface area contributed by atoms with Gasteiger partial charge in [-0.2, -0.15) is 0 Å². The number of hydrazine groups is 1. The number of halogens is 1. The molecule has 0 radical (unpaired) electrons. The lowest BCUT2D eigenvalue weighted by Crippen LogP contribution is -2.14. The summed E-state index contributed by atoms with van der Waals surface area (Å²) in [4.78, 5) is 4.38. The van der Waals surface area contributed by atoms with Gasteiger partial charge in [-0.25, -0.2) is 10.8 Å². The standard InChI is InChI=1S/C10H14N4.ClH/c1-7(2)14-9-6-4-3-5-8(9)12-10(14)13-11;/h3-7H,11H2,1-2H3,(H,12,13);1H. The Hall–Kier alpha value is -1.26. The fourth-order valence-corrected chi connectivity index (χ4v) is 1.67. The minimum absolute atomic E-state index is 0. The summed E-state index contributed by atoms with van der Waals surface area (Å²) in [5.41, 5.74) is 4.69. The molecule has 4 nitrogen and oxygen atoms in total. The quantitative estimate of drug-likeness (QED) is 0.611. The van der Waals surface area contributed by atoms with E-state index >= 15 is 0 Å². The van der Waals surface area contributed by atoms with E-state index in [4.69, 9.17) is 5.84 Å². The Morgan fingerprint density at radius 3 is 2.60 bits per heavy atom. The van der Waals surface area contributed by atoms with Crippen LogP contribution in [0.1, 0.15) is 19.9 Å². The first-order valence-electron chi connectivity index (χ1n) is 4.67. The SMILES string of the molecule is CC(C)n1c(NN)nc2ccccc21.Cl. The van der Waals surface area contributed by atoms with Gasteiger partial charge in [0.2, 0.25) is 5.95 Å². The molecule has 0 spiro atoms. The highest BCUT2D eigenvalue weighted by atomic mass is 35.5. The second kappa shape index (κ2) is 4.51. The van der Waals surface area contributed by atoms with Crippen molar-refractivity contribution in [3.63, 3.8) is 0 Å². The van der Waals surface area contributed by atoms with Gasteiger partial charge in [-0.05, 0) is 26.0 Å². The molecule has 0 aliphatic heterocycles. The third-order valence-corrected chi connectivity index (χ3v) is 2.24. The van der Waals surface area contributed by atoms with Gasteiger partial charge in [-0.3, -0.25) is 5.43 Å². The van der Waals surface area contributed by atoms with Crippen LogP contribution in [0.15, 0.2) is 24.3 Å². The van der Waals surface area contributed by atoms with Crippen molar-refractivity contribution in [2.24, 2.45) is 5.84 Å². The highest BCUT2D eigenvalue weighted by Gasteiger charge is 2.10. The lowest BCUT2D eigenvalue weighted by atomic mass is 10.3. The maximum absolute atomic E-state index is 5.42. The van der Waals surface area contributed by atoms with E-state index < -0.39 is 0 Å². The predicted octanol–water partition coefficient (Wildman–Crippen LogP) is 2.32. The van der Waals surface area contributed by atoms with E-state index in [-0.39, 0.29) is 12.4 Å². The van der Waals surface area contributed by atoms with Crippen molar-refractivity contribution in [2.75, 3.05) is 5.43 Å². The van der Waals surface area contributed by atoms with Crippen LogP contribution in [0.2, 0.25) is 0 Å². The number of rotatable bonds is 2. The molecule has 3 N–H and O–H groups in total. The van der Waals surface area contributed by atoms with Crippen LogP contribution in [0.25, 0.3) is 11.0 Å². The average molecular weight is 227 g/mol. The molecule has 0 amide bonds. The summed E-state index contributed by atoms with van der Waals surface area (Å²) in [6.45, 7) is 4.21. The number of hydrogen-bond acceptors (Lipinski definition) is 3. The number of nitrogens with two attached hydrogens (primary N) is 1. The molecule has 1 aromatic carbocycles. The van der Waals surface area contributed by atoms with E-state index in [0.29, 0.717) is 12.0 Å². The molecule has 0 aliphatic carbocycles. The molecule has 0 atom stereocenters. The van der Waals surface area contributed by atoms with Gasteiger partial charge in [0.15, 0.2) is 0 Å². The molecule has 5 heteroatoms. The summed E-state index contributed by atoms with van der Waals surface area (Å²) >= 11 is 0. The minimum atomic E-state index is 0. The summed E-state index contributed by atoms with van der Waals surface area (Å²) in [5, 5.41) is 0. The Labute approximate surface area is 94.9 Å². The Morgan fingerprint density at radius 1 is 1.33 bits per heavy atom. The van der Waals surface area contributed by atoms with Gasteiger partial charge < -0.3 is 4.57 Å². The Balaban J connectivity index is 0.00000112. The van der Waals surface area contributed by atoms with Crippen LogP contribution in [0.3, 0.4) is 0 Å². The second-order valence-corrected chi connectivity index (χ2v) is 3.53. The number of anilines is 1. The van der Waals surface area contributed by atoms with Gasteiger partial charge in [0, 0.05) is 6.04 Å². The first-order chi connectivity index (χ1) is 6.74. The Bertz CT molecular complexity index is 450. The van der Waals surface area contributed by atoms with E-state index in [1.54, 1.807) is 0 Å². The second-order valence-electron chi connectivity index (χ2n) is 3.53. The highest BCUT2D eigenvalue weighted by molar-refractivity contribution is 5.85. The van der Waals surface area contributed by atoms with Crippen LogP contribution in [0.4, 0.5) is 5.95 Å². The molecule has 0 unspecified atom stereocenters. The summed E-state index contributed by atoms with van der Waals surface area (Å²) in [5.74, 6) is 6.13. The third-order valence-electron chi connectivity index (χ3n) is 2.24. The molecule has 0 saturated carbocycles. The molecule has 2 aromatic rings. The van der Waals surface area contributed by atoms with Crippen molar-refractivity contribution >= 4 is 29.4 Å². The van der Waals surface area contributed by atoms with Gasteiger partial charge in [-0.1, -0.05) is 12.1 Å². The number of nitrogens with zero attached hydrogens (tertiary/aromatic N) is 2. The summed E-state index contributed by atoms with van der Waals surface area (Å²) in [6.07, 6.45) is 0. The van der Waals surface area contributed by atoms with E-state index in [1.807, 2.05) is 24.3 Å². The largest absolute Gasteiger partial charge is 0.307 e. The zero-order chi connectivity index (χ0) is 10.1. The number of nitrogens with one attached hydrogen (secondary N) is 1. The average Bonchev–Trinajstić information content (AvgIpc) is 2.55. The molecule has 1 aromatic heterocycles. The fourth-order valence-electron chi connectivity index (χ4n) is 1.67. The van der Waals surface area contributed by atoms with Gasteiger partial charge in [0.25, 0.3) is 0 Å². The van der Waals surface area contributed by atoms with E-state index in [2.05, 4.69) is 28.8 Å². The van der Waals surface area contributed by atoms with Crippen LogP contribution in [0, 0.1) is 0 Å². The van der Waals surface area contributed by atoms with Crippen LogP contribution >= 0.6 is 12.4 Å². The van der Waals surface area contributed by atoms with Crippen molar-refractivity contribution in [1.82, 2.24) is 9.55 Å². The van der Waals surface area contributed by atoms with E-state index in [0.717, 1.165) is 11.0 Å². The van der Waals surface area contributed by atoms with Crippen molar-refractivity contribution < 1.29 is 0 Å². The molecule has 2 rings (SSSR count). The number of hydrogen-bond donors (Lipinski definition) is 2. The predicted molar refractivity (Wildman–Crippen MR) is 65.2 cm³/mol. The maximum atomic E-state index is 5.42. The van der Waals surface area contributed by atoms with Crippen LogP contribution in [-0.4, -0.2) is 9.55 Å². The van der Waals surface area contributed by atoms with Gasteiger partial charge >= 0.3 is 0 Å². The number of para-hydroxylation sites is 2. The first-order valence-corrected chi connectivity index (χ1v) is 4.67. The first kappa shape index (κ1) is 11.8. The van der Waals surface area contributed by atoms with Crippen LogP contribution < -0.4 is 11.3 Å². The van der Waals surface area contributed by atoms with Gasteiger partial charge in [0.05, 0.1) is 11.0 Å². The monoisotopic (exact) mass is 226 g/mol. The molecule has 0 fully saturated rings. The summed E-state index contributed by atoms with van der Waals surface area (Å²) in [7, 11) is 0. The number of aromatic nitrogens is 2. The molecule has 82 valence electrons. The molecule has 0 bridgehead atoms. The van der Waals surface area contributed by atoms with E-state index in [9.17, 15) is 0 Å². The molecular formula is C10H15ClN4. The number of fused-ring (bicyclic) bond motifs is 1. The lowest BCUT2D eigenvalue weighted by molar-refractivity contribution is 0.623. The Morgan fingerprint density at radius 2 is 2.00 bits per heavy atom. The van der Waals surface area contributed by atoms with Crippen molar-refractivity contribution in [3.05, 3.63) is 24.3 Å². The van der Waals surface area contributed by atoms with Gasteiger partial charge in [-0.15, -0.1) is 12.4 Å². The third kappa shape index (κ3) is 1.91. The summed E-state index contributed by atoms with van der Waals surface area (Å²) < 4.78 is 2.08. The number of benzene rings is 1. The van der Waals surface area contributed by atoms with E-state index in [1.165, 1.54) is 0 Å².